The zero-order valence-electron chi connectivity index (χ0n) is 9.89. The van der Waals surface area contributed by atoms with Crippen molar-refractivity contribution in [1.82, 2.24) is 0 Å². The van der Waals surface area contributed by atoms with Gasteiger partial charge in [0.1, 0.15) is 6.04 Å². The van der Waals surface area contributed by atoms with Gasteiger partial charge in [0.15, 0.2) is 6.54 Å². The van der Waals surface area contributed by atoms with Crippen LogP contribution in [0.4, 0.5) is 0 Å². The highest BCUT2D eigenvalue weighted by molar-refractivity contribution is 7.10. The third kappa shape index (κ3) is 2.09. The molecule has 1 aliphatic rings. The highest BCUT2D eigenvalue weighted by atomic mass is 32.1. The second-order valence-electron chi connectivity index (χ2n) is 4.55. The molecular weight excluding hydrogens is 264 g/mol. The molecule has 1 amide bonds. The van der Waals surface area contributed by atoms with Crippen LogP contribution in [0, 0.1) is 0 Å². The highest BCUT2D eigenvalue weighted by Crippen LogP contribution is 2.31. The molecule has 2 aromatic heterocycles. The van der Waals surface area contributed by atoms with Crippen LogP contribution in [0.25, 0.3) is 0 Å². The van der Waals surface area contributed by atoms with Gasteiger partial charge in [0, 0.05) is 16.9 Å². The number of rotatable bonds is 3. The molecule has 5 heteroatoms. The van der Waals surface area contributed by atoms with Gasteiger partial charge in [0.25, 0.3) is 5.91 Å². The molecule has 0 aliphatic carbocycles. The van der Waals surface area contributed by atoms with Crippen molar-refractivity contribution in [3.63, 3.8) is 0 Å². The Balaban J connectivity index is 2.00. The second-order valence-corrected chi connectivity index (χ2v) is 6.53. The van der Waals surface area contributed by atoms with E-state index in [9.17, 15) is 4.79 Å². The first-order valence-corrected chi connectivity index (χ1v) is 7.74. The summed E-state index contributed by atoms with van der Waals surface area (Å²) in [6.07, 6.45) is 1.05. The average molecular weight is 279 g/mol. The smallest absolute Gasteiger partial charge is 0.272 e. The van der Waals surface area contributed by atoms with Gasteiger partial charge in [-0.1, -0.05) is 6.07 Å². The molecule has 0 bridgehead atoms. The van der Waals surface area contributed by atoms with Gasteiger partial charge in [-0.05, 0) is 22.9 Å². The topological polar surface area (TPSA) is 47.5 Å². The van der Waals surface area contributed by atoms with Gasteiger partial charge >= 0.3 is 0 Å². The Hall–Kier alpha value is -1.17. The molecule has 3 N–H and O–H groups in total. The summed E-state index contributed by atoms with van der Waals surface area (Å²) in [7, 11) is 0. The lowest BCUT2D eigenvalue weighted by molar-refractivity contribution is -0.919. The van der Waals surface area contributed by atoms with Crippen LogP contribution in [0.5, 0.6) is 0 Å². The molecule has 1 unspecified atom stereocenters. The quantitative estimate of drug-likeness (QED) is 0.859. The molecule has 94 valence electrons. The van der Waals surface area contributed by atoms with Gasteiger partial charge < -0.3 is 10.6 Å². The van der Waals surface area contributed by atoms with Crippen LogP contribution in [0.15, 0.2) is 29.0 Å². The summed E-state index contributed by atoms with van der Waals surface area (Å²) >= 11 is 3.58. The second kappa shape index (κ2) is 4.84. The minimum absolute atomic E-state index is 0.217. The monoisotopic (exact) mass is 279 g/mol. The minimum atomic E-state index is -0.217. The van der Waals surface area contributed by atoms with Gasteiger partial charge in [-0.25, -0.2) is 0 Å². The molecule has 2 atom stereocenters. The van der Waals surface area contributed by atoms with E-state index >= 15 is 0 Å². The summed E-state index contributed by atoms with van der Waals surface area (Å²) in [5.74, 6) is -0.217. The first-order chi connectivity index (χ1) is 8.75. The van der Waals surface area contributed by atoms with Gasteiger partial charge in [-0.3, -0.25) is 4.79 Å². The van der Waals surface area contributed by atoms with Crippen LogP contribution in [-0.4, -0.2) is 19.0 Å². The molecule has 1 aliphatic heterocycles. The summed E-state index contributed by atoms with van der Waals surface area (Å²) in [5, 5.41) is 4.25. The molecular formula is C13H15N2OS2+. The lowest BCUT2D eigenvalue weighted by Gasteiger charge is -2.31. The van der Waals surface area contributed by atoms with Gasteiger partial charge in [-0.15, -0.1) is 22.7 Å². The Bertz CT molecular complexity index is 547. The molecule has 0 saturated carbocycles. The molecule has 0 radical (unpaired) electrons. The van der Waals surface area contributed by atoms with Crippen molar-refractivity contribution >= 4 is 28.6 Å². The first kappa shape index (κ1) is 11.9. The van der Waals surface area contributed by atoms with Crippen molar-refractivity contribution in [2.24, 2.45) is 5.73 Å². The number of carbonyl (C=O) groups excluding carboxylic acids is 1. The summed E-state index contributed by atoms with van der Waals surface area (Å²) < 4.78 is 0. The van der Waals surface area contributed by atoms with E-state index < -0.39 is 0 Å². The van der Waals surface area contributed by atoms with E-state index in [-0.39, 0.29) is 11.9 Å². The third-order valence-corrected chi connectivity index (χ3v) is 5.33. The number of carbonyl (C=O) groups is 1. The van der Waals surface area contributed by atoms with E-state index in [1.165, 1.54) is 20.2 Å². The summed E-state index contributed by atoms with van der Waals surface area (Å²) in [6.45, 7) is 1.40. The van der Waals surface area contributed by atoms with Crippen molar-refractivity contribution in [1.29, 1.82) is 0 Å². The number of quaternary nitrogens is 1. The average Bonchev–Trinajstić information content (AvgIpc) is 2.97. The molecule has 0 spiro atoms. The Morgan fingerprint density at radius 2 is 2.28 bits per heavy atom. The number of fused-ring (bicyclic) bond motifs is 1. The molecule has 0 aromatic carbocycles. The predicted octanol–water partition coefficient (Wildman–Crippen LogP) is 0.825. The van der Waals surface area contributed by atoms with Crippen LogP contribution in [0.3, 0.4) is 0 Å². The van der Waals surface area contributed by atoms with Crippen molar-refractivity contribution in [3.8, 4) is 0 Å². The predicted molar refractivity (Wildman–Crippen MR) is 74.1 cm³/mol. The fourth-order valence-electron chi connectivity index (χ4n) is 2.67. The number of nitrogens with two attached hydrogens (primary N) is 1. The van der Waals surface area contributed by atoms with Gasteiger partial charge in [0.2, 0.25) is 0 Å². The van der Waals surface area contributed by atoms with Crippen LogP contribution in [0.2, 0.25) is 0 Å². The van der Waals surface area contributed by atoms with E-state index in [1.807, 2.05) is 11.3 Å². The van der Waals surface area contributed by atoms with Crippen molar-refractivity contribution in [2.45, 2.75) is 12.5 Å². The van der Waals surface area contributed by atoms with E-state index in [2.05, 4.69) is 29.0 Å². The van der Waals surface area contributed by atoms with E-state index in [1.54, 1.807) is 11.3 Å². The zero-order chi connectivity index (χ0) is 12.5. The maximum atomic E-state index is 11.2. The van der Waals surface area contributed by atoms with Gasteiger partial charge in [-0.2, -0.15) is 0 Å². The third-order valence-electron chi connectivity index (χ3n) is 3.40. The van der Waals surface area contributed by atoms with Crippen molar-refractivity contribution < 1.29 is 9.69 Å². The van der Waals surface area contributed by atoms with Crippen molar-refractivity contribution in [3.05, 3.63) is 44.3 Å². The molecule has 0 fully saturated rings. The maximum Gasteiger partial charge on any atom is 0.272 e. The largest absolute Gasteiger partial charge is 0.365 e. The number of hydrogen-bond acceptors (Lipinski definition) is 3. The lowest BCUT2D eigenvalue weighted by atomic mass is 9.98. The van der Waals surface area contributed by atoms with Crippen LogP contribution < -0.4 is 10.6 Å². The number of hydrogen-bond donors (Lipinski definition) is 2. The van der Waals surface area contributed by atoms with Crippen LogP contribution in [0.1, 0.15) is 21.4 Å². The zero-order valence-corrected chi connectivity index (χ0v) is 11.5. The number of thiophene rings is 2. The molecule has 0 saturated heterocycles. The summed E-state index contributed by atoms with van der Waals surface area (Å²) in [6, 6.07) is 6.71. The Labute approximate surface area is 114 Å². The fourth-order valence-corrected chi connectivity index (χ4v) is 4.50. The molecule has 2 aromatic rings. The van der Waals surface area contributed by atoms with E-state index in [0.717, 1.165) is 13.0 Å². The van der Waals surface area contributed by atoms with Crippen LogP contribution >= 0.6 is 22.7 Å². The summed E-state index contributed by atoms with van der Waals surface area (Å²) in [4.78, 5) is 15.3. The number of nitrogens with one attached hydrogen (secondary N) is 1. The summed E-state index contributed by atoms with van der Waals surface area (Å²) in [5.41, 5.74) is 6.76. The molecule has 3 nitrogen and oxygen atoms in total. The first-order valence-electron chi connectivity index (χ1n) is 5.98. The van der Waals surface area contributed by atoms with E-state index in [0.29, 0.717) is 6.54 Å². The molecule has 3 heterocycles. The fraction of sp³-hybridized carbons (Fsp3) is 0.308. The van der Waals surface area contributed by atoms with E-state index in [4.69, 9.17) is 5.73 Å². The van der Waals surface area contributed by atoms with Crippen molar-refractivity contribution in [2.75, 3.05) is 13.1 Å². The standard InChI is InChI=1S/C13H14N2OS2/c14-12(16)8-15-5-3-10-9(4-7-18-10)13(15)11-2-1-6-17-11/h1-2,4,6-7,13H,3,5,8H2,(H2,14,16)/p+1/t13-/m1/s1. The Kier molecular flexibility index (Phi) is 3.20. The maximum absolute atomic E-state index is 11.2. The Morgan fingerprint density at radius 3 is 3.00 bits per heavy atom. The SMILES string of the molecule is NC(=O)C[NH+]1CCc2sccc2[C@@H]1c1cccs1. The molecule has 18 heavy (non-hydrogen) atoms. The Morgan fingerprint density at radius 1 is 1.39 bits per heavy atom. The number of primary amides is 1. The molecule has 3 rings (SSSR count). The number of amides is 1. The van der Waals surface area contributed by atoms with Gasteiger partial charge in [0.05, 0.1) is 11.4 Å². The normalized spacial score (nSPS) is 22.7. The van der Waals surface area contributed by atoms with Crippen LogP contribution in [-0.2, 0) is 11.2 Å². The minimum Gasteiger partial charge on any atom is -0.365 e. The highest BCUT2D eigenvalue weighted by Gasteiger charge is 2.34. The lowest BCUT2D eigenvalue weighted by Crippen LogP contribution is -3.14.